The number of nitrogens with zero attached hydrogens (tertiary/aromatic N) is 4. The quantitative estimate of drug-likeness (QED) is 0.785. The van der Waals surface area contributed by atoms with Gasteiger partial charge in [-0.15, -0.1) is 5.10 Å². The van der Waals surface area contributed by atoms with Crippen molar-refractivity contribution in [1.29, 1.82) is 0 Å². The standard InChI is InChI=1S/C16H17N5O/c1-22-14-7-6-13(21-15(14)19-16(17)20-21)11-4-5-12-10(9-11)3-2-8-18-12/h2-5,8-9,13-14H,6-7H2,1H3,(H2,17,20). The fraction of sp³-hybridized carbons (Fsp3) is 0.312. The number of nitrogens with two attached hydrogens (primary N) is 1. The minimum absolute atomic E-state index is 0.0387. The van der Waals surface area contributed by atoms with E-state index < -0.39 is 0 Å². The van der Waals surface area contributed by atoms with Crippen molar-refractivity contribution in [3.05, 3.63) is 47.9 Å². The van der Waals surface area contributed by atoms with E-state index >= 15 is 0 Å². The van der Waals surface area contributed by atoms with Gasteiger partial charge in [-0.3, -0.25) is 4.98 Å². The van der Waals surface area contributed by atoms with Crippen LogP contribution in [-0.4, -0.2) is 26.9 Å². The van der Waals surface area contributed by atoms with Crippen LogP contribution < -0.4 is 5.73 Å². The van der Waals surface area contributed by atoms with Crippen molar-refractivity contribution in [3.8, 4) is 0 Å². The van der Waals surface area contributed by atoms with Crippen LogP contribution in [-0.2, 0) is 4.74 Å². The van der Waals surface area contributed by atoms with Crippen molar-refractivity contribution in [3.63, 3.8) is 0 Å². The number of benzene rings is 1. The molecule has 4 rings (SSSR count). The van der Waals surface area contributed by atoms with E-state index in [1.54, 1.807) is 7.11 Å². The zero-order valence-electron chi connectivity index (χ0n) is 12.3. The number of anilines is 1. The third-order valence-corrected chi connectivity index (χ3v) is 4.26. The Morgan fingerprint density at radius 1 is 1.27 bits per heavy atom. The molecule has 1 aromatic carbocycles. The number of nitrogen functional groups attached to an aromatic ring is 1. The lowest BCUT2D eigenvalue weighted by molar-refractivity contribution is 0.0649. The number of ether oxygens (including phenoxy) is 1. The molecule has 2 atom stereocenters. The lowest BCUT2D eigenvalue weighted by atomic mass is 9.95. The third kappa shape index (κ3) is 2.03. The van der Waals surface area contributed by atoms with Crippen LogP contribution in [0.4, 0.5) is 5.95 Å². The Morgan fingerprint density at radius 3 is 3.05 bits per heavy atom. The highest BCUT2D eigenvalue weighted by molar-refractivity contribution is 5.79. The van der Waals surface area contributed by atoms with Crippen LogP contribution in [0.2, 0.25) is 0 Å². The van der Waals surface area contributed by atoms with Gasteiger partial charge in [0, 0.05) is 18.7 Å². The third-order valence-electron chi connectivity index (χ3n) is 4.26. The number of hydrogen-bond donors (Lipinski definition) is 1. The second kappa shape index (κ2) is 5.06. The normalized spacial score (nSPS) is 21.0. The van der Waals surface area contributed by atoms with Gasteiger partial charge in [0.1, 0.15) is 6.10 Å². The van der Waals surface area contributed by atoms with Gasteiger partial charge in [0.15, 0.2) is 5.82 Å². The molecule has 1 aliphatic heterocycles. The maximum absolute atomic E-state index is 5.80. The molecule has 2 aromatic heterocycles. The average Bonchev–Trinajstić information content (AvgIpc) is 2.94. The number of methoxy groups -OCH3 is 1. The topological polar surface area (TPSA) is 78.8 Å². The first-order valence-electron chi connectivity index (χ1n) is 7.35. The molecule has 3 heterocycles. The first kappa shape index (κ1) is 13.2. The highest BCUT2D eigenvalue weighted by Crippen LogP contribution is 2.37. The van der Waals surface area contributed by atoms with Gasteiger partial charge in [-0.1, -0.05) is 12.1 Å². The predicted molar refractivity (Wildman–Crippen MR) is 83.3 cm³/mol. The maximum Gasteiger partial charge on any atom is 0.239 e. The molecule has 2 N–H and O–H groups in total. The summed E-state index contributed by atoms with van der Waals surface area (Å²) >= 11 is 0. The Morgan fingerprint density at radius 2 is 2.18 bits per heavy atom. The lowest BCUT2D eigenvalue weighted by Crippen LogP contribution is -2.24. The molecule has 0 radical (unpaired) electrons. The second-order valence-electron chi connectivity index (χ2n) is 5.55. The average molecular weight is 295 g/mol. The summed E-state index contributed by atoms with van der Waals surface area (Å²) in [4.78, 5) is 8.70. The molecule has 0 fully saturated rings. The molecule has 22 heavy (non-hydrogen) atoms. The molecule has 0 amide bonds. The summed E-state index contributed by atoms with van der Waals surface area (Å²) in [5.74, 6) is 1.11. The van der Waals surface area contributed by atoms with Crippen molar-refractivity contribution in [2.45, 2.75) is 25.0 Å². The first-order chi connectivity index (χ1) is 10.8. The van der Waals surface area contributed by atoms with Crippen LogP contribution in [0.3, 0.4) is 0 Å². The fourth-order valence-corrected chi connectivity index (χ4v) is 3.19. The summed E-state index contributed by atoms with van der Waals surface area (Å²) < 4.78 is 7.40. The van der Waals surface area contributed by atoms with Crippen LogP contribution >= 0.6 is 0 Å². The zero-order chi connectivity index (χ0) is 15.1. The smallest absolute Gasteiger partial charge is 0.239 e. The van der Waals surface area contributed by atoms with E-state index in [-0.39, 0.29) is 12.1 Å². The molecular formula is C16H17N5O. The molecule has 2 unspecified atom stereocenters. The van der Waals surface area contributed by atoms with E-state index in [0.717, 1.165) is 29.6 Å². The van der Waals surface area contributed by atoms with Gasteiger partial charge < -0.3 is 10.5 Å². The van der Waals surface area contributed by atoms with Gasteiger partial charge in [-0.2, -0.15) is 4.98 Å². The van der Waals surface area contributed by atoms with Gasteiger partial charge >= 0.3 is 0 Å². The van der Waals surface area contributed by atoms with Crippen LogP contribution in [0.25, 0.3) is 10.9 Å². The number of aromatic nitrogens is 4. The Hall–Kier alpha value is -2.47. The Balaban J connectivity index is 1.81. The second-order valence-corrected chi connectivity index (χ2v) is 5.55. The molecule has 3 aromatic rings. The Kier molecular flexibility index (Phi) is 3.04. The SMILES string of the molecule is COC1CCC(c2ccc3ncccc3c2)n2nc(N)nc21. The van der Waals surface area contributed by atoms with Crippen molar-refractivity contribution in [1.82, 2.24) is 19.7 Å². The lowest BCUT2D eigenvalue weighted by Gasteiger charge is -2.28. The van der Waals surface area contributed by atoms with E-state index in [4.69, 9.17) is 10.5 Å². The van der Waals surface area contributed by atoms with E-state index in [1.165, 1.54) is 5.56 Å². The summed E-state index contributed by atoms with van der Waals surface area (Å²) in [5, 5.41) is 5.50. The maximum atomic E-state index is 5.80. The molecule has 0 spiro atoms. The summed E-state index contributed by atoms with van der Waals surface area (Å²) in [6.45, 7) is 0. The van der Waals surface area contributed by atoms with E-state index in [2.05, 4.69) is 33.3 Å². The van der Waals surface area contributed by atoms with Crippen molar-refractivity contribution in [2.75, 3.05) is 12.8 Å². The van der Waals surface area contributed by atoms with Crippen LogP contribution in [0.15, 0.2) is 36.5 Å². The molecule has 0 saturated carbocycles. The molecule has 1 aliphatic rings. The van der Waals surface area contributed by atoms with Gasteiger partial charge in [0.25, 0.3) is 0 Å². The van der Waals surface area contributed by atoms with Gasteiger partial charge in [0.2, 0.25) is 5.95 Å². The highest BCUT2D eigenvalue weighted by Gasteiger charge is 2.31. The molecular weight excluding hydrogens is 278 g/mol. The van der Waals surface area contributed by atoms with Gasteiger partial charge in [-0.05, 0) is 36.6 Å². The molecule has 6 nitrogen and oxygen atoms in total. The number of pyridine rings is 1. The molecule has 0 bridgehead atoms. The predicted octanol–water partition coefficient (Wildman–Crippen LogP) is 2.48. The van der Waals surface area contributed by atoms with Gasteiger partial charge in [-0.25, -0.2) is 4.68 Å². The highest BCUT2D eigenvalue weighted by atomic mass is 16.5. The summed E-state index contributed by atoms with van der Waals surface area (Å²) in [7, 11) is 1.70. The molecule has 0 saturated heterocycles. The number of fused-ring (bicyclic) bond motifs is 2. The summed E-state index contributed by atoms with van der Waals surface area (Å²) in [6, 6.07) is 10.5. The van der Waals surface area contributed by atoms with Crippen molar-refractivity contribution >= 4 is 16.9 Å². The van der Waals surface area contributed by atoms with E-state index in [0.29, 0.717) is 5.95 Å². The Labute approximate surface area is 127 Å². The van der Waals surface area contributed by atoms with E-state index in [9.17, 15) is 0 Å². The van der Waals surface area contributed by atoms with Crippen molar-refractivity contribution in [2.24, 2.45) is 0 Å². The molecule has 112 valence electrons. The Bertz CT molecular complexity index is 828. The zero-order valence-corrected chi connectivity index (χ0v) is 12.3. The van der Waals surface area contributed by atoms with Crippen LogP contribution in [0, 0.1) is 0 Å². The first-order valence-corrected chi connectivity index (χ1v) is 7.35. The number of hydrogen-bond acceptors (Lipinski definition) is 5. The molecule has 6 heteroatoms. The van der Waals surface area contributed by atoms with Crippen molar-refractivity contribution < 1.29 is 4.74 Å². The number of rotatable bonds is 2. The summed E-state index contributed by atoms with van der Waals surface area (Å²) in [5.41, 5.74) is 7.99. The van der Waals surface area contributed by atoms with Gasteiger partial charge in [0.05, 0.1) is 11.6 Å². The monoisotopic (exact) mass is 295 g/mol. The molecule has 0 aliphatic carbocycles. The van der Waals surface area contributed by atoms with E-state index in [1.807, 2.05) is 23.0 Å². The summed E-state index contributed by atoms with van der Waals surface area (Å²) in [6.07, 6.45) is 3.62. The van der Waals surface area contributed by atoms with Crippen LogP contribution in [0.5, 0.6) is 0 Å². The minimum atomic E-state index is -0.0387. The fourth-order valence-electron chi connectivity index (χ4n) is 3.19. The largest absolute Gasteiger partial charge is 0.373 e. The van der Waals surface area contributed by atoms with Crippen LogP contribution in [0.1, 0.15) is 36.4 Å². The minimum Gasteiger partial charge on any atom is -0.373 e.